The highest BCUT2D eigenvalue weighted by Crippen LogP contribution is 2.38. The van der Waals surface area contributed by atoms with Gasteiger partial charge in [-0.1, -0.05) is 23.7 Å². The summed E-state index contributed by atoms with van der Waals surface area (Å²) in [6, 6.07) is 3.38. The number of hydrogen-bond donors (Lipinski definition) is 1. The van der Waals surface area contributed by atoms with Crippen molar-refractivity contribution in [1.82, 2.24) is 0 Å². The average molecular weight is 222 g/mol. The summed E-state index contributed by atoms with van der Waals surface area (Å²) in [6.45, 7) is 0. The zero-order valence-electron chi connectivity index (χ0n) is 7.03. The first kappa shape index (κ1) is 9.65. The van der Waals surface area contributed by atoms with Gasteiger partial charge in [0.05, 0.1) is 10.7 Å². The second kappa shape index (κ2) is 3.05. The van der Waals surface area contributed by atoms with Crippen LogP contribution >= 0.6 is 11.6 Å². The van der Waals surface area contributed by atoms with E-state index in [0.29, 0.717) is 16.3 Å². The van der Waals surface area contributed by atoms with Crippen LogP contribution in [0.5, 0.6) is 0 Å². The third-order valence-corrected chi connectivity index (χ3v) is 2.55. The van der Waals surface area contributed by atoms with Gasteiger partial charge in [-0.05, 0) is 11.6 Å². The molecule has 1 N–H and O–H groups in total. The molecule has 14 heavy (non-hydrogen) atoms. The van der Waals surface area contributed by atoms with Crippen LogP contribution < -0.4 is 5.32 Å². The molecule has 0 aromatic heterocycles. The highest BCUT2D eigenvalue weighted by Gasteiger charge is 2.43. The number of nitrogens with one attached hydrogen (secondary N) is 1. The van der Waals surface area contributed by atoms with Gasteiger partial charge in [-0.25, -0.2) is 0 Å². The molecule has 0 unspecified atom stereocenters. The Labute approximate surface area is 83.9 Å². The fraction of sp³-hybridized carbons (Fsp3) is 0.333. The molecular formula is C9H7ClF3N. The first-order chi connectivity index (χ1) is 6.48. The topological polar surface area (TPSA) is 12.0 Å². The minimum absolute atomic E-state index is 0.0423. The fourth-order valence-electron chi connectivity index (χ4n) is 1.54. The van der Waals surface area contributed by atoms with Gasteiger partial charge in [0.2, 0.25) is 0 Å². The predicted molar refractivity (Wildman–Crippen MR) is 48.6 cm³/mol. The second-order valence-corrected chi connectivity index (χ2v) is 3.62. The summed E-state index contributed by atoms with van der Waals surface area (Å²) in [4.78, 5) is 0. The van der Waals surface area contributed by atoms with Crippen LogP contribution in [0, 0.1) is 0 Å². The van der Waals surface area contributed by atoms with Gasteiger partial charge in [0, 0.05) is 6.42 Å². The van der Waals surface area contributed by atoms with Crippen molar-refractivity contribution >= 4 is 17.3 Å². The largest absolute Gasteiger partial charge is 0.408 e. The van der Waals surface area contributed by atoms with E-state index in [-0.39, 0.29) is 6.42 Å². The Morgan fingerprint density at radius 2 is 2.07 bits per heavy atom. The number of para-hydroxylation sites is 1. The van der Waals surface area contributed by atoms with Crippen LogP contribution in [0.4, 0.5) is 18.9 Å². The maximum Gasteiger partial charge on any atom is 0.408 e. The lowest BCUT2D eigenvalue weighted by Crippen LogP contribution is -2.34. The lowest BCUT2D eigenvalue weighted by molar-refractivity contribution is -0.140. The number of hydrogen-bond acceptors (Lipinski definition) is 1. The zero-order valence-corrected chi connectivity index (χ0v) is 7.78. The molecule has 0 spiro atoms. The Balaban J connectivity index is 2.31. The van der Waals surface area contributed by atoms with Gasteiger partial charge in [-0.3, -0.25) is 0 Å². The number of benzene rings is 1. The van der Waals surface area contributed by atoms with Crippen molar-refractivity contribution in [3.05, 3.63) is 28.8 Å². The lowest BCUT2D eigenvalue weighted by Gasteiger charge is -2.15. The Bertz CT molecular complexity index is 362. The molecule has 1 aromatic rings. The summed E-state index contributed by atoms with van der Waals surface area (Å²) in [6.07, 6.45) is -4.26. The lowest BCUT2D eigenvalue weighted by atomic mass is 10.1. The van der Waals surface area contributed by atoms with Crippen molar-refractivity contribution in [2.24, 2.45) is 0 Å². The van der Waals surface area contributed by atoms with E-state index < -0.39 is 12.2 Å². The molecule has 0 fully saturated rings. The van der Waals surface area contributed by atoms with Gasteiger partial charge in [0.1, 0.15) is 6.04 Å². The van der Waals surface area contributed by atoms with Crippen LogP contribution in [0.3, 0.4) is 0 Å². The van der Waals surface area contributed by atoms with E-state index in [9.17, 15) is 13.2 Å². The molecule has 1 aliphatic rings. The third-order valence-electron chi connectivity index (χ3n) is 2.24. The molecule has 1 heterocycles. The minimum Gasteiger partial charge on any atom is -0.372 e. The van der Waals surface area contributed by atoms with Crippen LogP contribution in [-0.4, -0.2) is 12.2 Å². The molecule has 0 bridgehead atoms. The molecule has 76 valence electrons. The summed E-state index contributed by atoms with van der Waals surface area (Å²) >= 11 is 5.76. The molecule has 0 saturated heterocycles. The van der Waals surface area contributed by atoms with Gasteiger partial charge < -0.3 is 5.32 Å². The molecule has 0 radical (unpaired) electrons. The third kappa shape index (κ3) is 1.54. The average Bonchev–Trinajstić information content (AvgIpc) is 2.48. The van der Waals surface area contributed by atoms with Gasteiger partial charge in [-0.2, -0.15) is 13.2 Å². The molecule has 0 saturated carbocycles. The first-order valence-corrected chi connectivity index (χ1v) is 4.47. The van der Waals surface area contributed by atoms with E-state index in [0.717, 1.165) is 0 Å². The fourth-order valence-corrected chi connectivity index (χ4v) is 1.79. The number of alkyl halides is 3. The smallest absolute Gasteiger partial charge is 0.372 e. The number of halogens is 4. The van der Waals surface area contributed by atoms with Crippen molar-refractivity contribution in [1.29, 1.82) is 0 Å². The Morgan fingerprint density at radius 1 is 1.36 bits per heavy atom. The van der Waals surface area contributed by atoms with Crippen LogP contribution in [0.1, 0.15) is 5.56 Å². The maximum atomic E-state index is 12.4. The molecular weight excluding hydrogens is 215 g/mol. The van der Waals surface area contributed by atoms with E-state index in [1.165, 1.54) is 0 Å². The van der Waals surface area contributed by atoms with E-state index in [2.05, 4.69) is 5.32 Å². The molecule has 1 aromatic carbocycles. The van der Waals surface area contributed by atoms with Gasteiger partial charge in [-0.15, -0.1) is 0 Å². The summed E-state index contributed by atoms with van der Waals surface area (Å²) in [7, 11) is 0. The summed E-state index contributed by atoms with van der Waals surface area (Å²) in [5.41, 5.74) is 1.04. The molecule has 5 heteroatoms. The van der Waals surface area contributed by atoms with E-state index in [1.807, 2.05) is 0 Å². The van der Waals surface area contributed by atoms with Crippen LogP contribution in [0.15, 0.2) is 18.2 Å². The molecule has 2 rings (SSSR count). The molecule has 0 amide bonds. The molecule has 0 aliphatic carbocycles. The quantitative estimate of drug-likeness (QED) is 0.709. The van der Waals surface area contributed by atoms with Gasteiger partial charge in [0.15, 0.2) is 0 Å². The van der Waals surface area contributed by atoms with Gasteiger partial charge in [0.25, 0.3) is 0 Å². The predicted octanol–water partition coefficient (Wildman–Crippen LogP) is 3.24. The van der Waals surface area contributed by atoms with Gasteiger partial charge >= 0.3 is 6.18 Å². The summed E-state index contributed by atoms with van der Waals surface area (Å²) < 4.78 is 37.1. The summed E-state index contributed by atoms with van der Waals surface area (Å²) in [5.74, 6) is 0. The number of rotatable bonds is 0. The van der Waals surface area contributed by atoms with Crippen LogP contribution in [0.2, 0.25) is 5.02 Å². The molecule has 1 nitrogen and oxygen atoms in total. The molecule has 1 atom stereocenters. The second-order valence-electron chi connectivity index (χ2n) is 3.22. The van der Waals surface area contributed by atoms with E-state index >= 15 is 0 Å². The highest BCUT2D eigenvalue weighted by molar-refractivity contribution is 6.33. The molecule has 1 aliphatic heterocycles. The standard InChI is InChI=1S/C9H7ClF3N/c10-6-3-1-2-5-4-7(9(11,12)13)14-8(5)6/h1-3,7,14H,4H2/t7-/m1/s1. The first-order valence-electron chi connectivity index (χ1n) is 4.09. The monoisotopic (exact) mass is 221 g/mol. The van der Waals surface area contributed by atoms with E-state index in [4.69, 9.17) is 11.6 Å². The summed E-state index contributed by atoms with van der Waals surface area (Å²) in [5, 5.41) is 2.73. The Hall–Kier alpha value is -0.900. The minimum atomic E-state index is -4.22. The normalized spacial score (nSPS) is 20.4. The Morgan fingerprint density at radius 3 is 2.64 bits per heavy atom. The van der Waals surface area contributed by atoms with Crippen LogP contribution in [0.25, 0.3) is 0 Å². The number of anilines is 1. The van der Waals surface area contributed by atoms with Crippen LogP contribution in [-0.2, 0) is 6.42 Å². The van der Waals surface area contributed by atoms with Crippen molar-refractivity contribution in [3.63, 3.8) is 0 Å². The SMILES string of the molecule is FC(F)(F)[C@H]1Cc2cccc(Cl)c2N1. The van der Waals surface area contributed by atoms with E-state index in [1.54, 1.807) is 18.2 Å². The zero-order chi connectivity index (χ0) is 10.3. The number of fused-ring (bicyclic) bond motifs is 1. The maximum absolute atomic E-state index is 12.4. The van der Waals surface area contributed by atoms with Crippen molar-refractivity contribution < 1.29 is 13.2 Å². The van der Waals surface area contributed by atoms with Crippen molar-refractivity contribution in [2.45, 2.75) is 18.6 Å². The van der Waals surface area contributed by atoms with Crippen molar-refractivity contribution in [3.8, 4) is 0 Å². The van der Waals surface area contributed by atoms with Crippen molar-refractivity contribution in [2.75, 3.05) is 5.32 Å². The highest BCUT2D eigenvalue weighted by atomic mass is 35.5. The Kier molecular flexibility index (Phi) is 2.10.